The third-order valence-electron chi connectivity index (χ3n) is 2.84. The van der Waals surface area contributed by atoms with Gasteiger partial charge in [-0.25, -0.2) is 0 Å². The first-order valence-corrected chi connectivity index (χ1v) is 5.54. The van der Waals surface area contributed by atoms with Gasteiger partial charge in [0.1, 0.15) is 0 Å². The zero-order valence-electron chi connectivity index (χ0n) is 8.77. The molecular weight excluding hydrogens is 210 g/mol. The average Bonchev–Trinajstić information content (AvgIpc) is 2.56. The molecule has 1 aliphatic heterocycles. The van der Waals surface area contributed by atoms with Crippen LogP contribution in [0.1, 0.15) is 6.42 Å². The van der Waals surface area contributed by atoms with Gasteiger partial charge in [-0.3, -0.25) is 9.78 Å². The molecule has 1 aromatic rings. The lowest BCUT2D eigenvalue weighted by Gasteiger charge is -2.12. The number of H-pyrrole nitrogens is 1. The van der Waals surface area contributed by atoms with Gasteiger partial charge in [0.15, 0.2) is 4.77 Å². The van der Waals surface area contributed by atoms with E-state index in [0.717, 1.165) is 19.6 Å². The molecule has 1 aromatic heterocycles. The minimum atomic E-state index is -0.125. The van der Waals surface area contributed by atoms with Crippen molar-refractivity contribution < 1.29 is 0 Å². The summed E-state index contributed by atoms with van der Waals surface area (Å²) in [5.74, 6) is 0.646. The van der Waals surface area contributed by atoms with Gasteiger partial charge in [-0.05, 0) is 38.1 Å². The lowest BCUT2D eigenvalue weighted by atomic mass is 10.1. The van der Waals surface area contributed by atoms with Crippen LogP contribution in [0.5, 0.6) is 0 Å². The Balaban J connectivity index is 2.11. The summed E-state index contributed by atoms with van der Waals surface area (Å²) in [4.78, 5) is 15.9. The Morgan fingerprint density at radius 1 is 1.67 bits per heavy atom. The van der Waals surface area contributed by atoms with Crippen molar-refractivity contribution in [3.05, 3.63) is 27.4 Å². The van der Waals surface area contributed by atoms with E-state index in [1.165, 1.54) is 12.5 Å². The van der Waals surface area contributed by atoms with Crippen LogP contribution in [0.25, 0.3) is 0 Å². The third-order valence-corrected chi connectivity index (χ3v) is 3.18. The van der Waals surface area contributed by atoms with Gasteiger partial charge in [-0.15, -0.1) is 0 Å². The fourth-order valence-corrected chi connectivity index (χ4v) is 2.28. The highest BCUT2D eigenvalue weighted by atomic mass is 32.1. The molecule has 0 aromatic carbocycles. The van der Waals surface area contributed by atoms with Crippen LogP contribution in [0.3, 0.4) is 0 Å². The highest BCUT2D eigenvalue weighted by Crippen LogP contribution is 2.15. The number of hydrogen-bond acceptors (Lipinski definition) is 3. The van der Waals surface area contributed by atoms with Crippen molar-refractivity contribution in [3.8, 4) is 0 Å². The first-order valence-electron chi connectivity index (χ1n) is 5.13. The number of hydrogen-bond donors (Lipinski definition) is 1. The van der Waals surface area contributed by atoms with Gasteiger partial charge in [0.2, 0.25) is 0 Å². The summed E-state index contributed by atoms with van der Waals surface area (Å²) < 4.78 is 2.47. The van der Waals surface area contributed by atoms with Crippen LogP contribution >= 0.6 is 12.2 Å². The normalized spacial score (nSPS) is 22.1. The van der Waals surface area contributed by atoms with Crippen LogP contribution in [0.2, 0.25) is 0 Å². The average molecular weight is 225 g/mol. The molecule has 0 amide bonds. The molecule has 1 unspecified atom stereocenters. The number of rotatable bonds is 2. The second kappa shape index (κ2) is 4.28. The van der Waals surface area contributed by atoms with Crippen molar-refractivity contribution in [2.75, 3.05) is 20.1 Å². The molecule has 82 valence electrons. The molecule has 4 nitrogen and oxygen atoms in total. The summed E-state index contributed by atoms with van der Waals surface area (Å²) in [6.45, 7) is 3.17. The Morgan fingerprint density at radius 2 is 2.47 bits per heavy atom. The quantitative estimate of drug-likeness (QED) is 0.759. The van der Waals surface area contributed by atoms with Gasteiger partial charge in [0, 0.05) is 25.4 Å². The maximum Gasteiger partial charge on any atom is 0.251 e. The van der Waals surface area contributed by atoms with E-state index in [-0.39, 0.29) is 5.56 Å². The molecule has 1 atom stereocenters. The highest BCUT2D eigenvalue weighted by Gasteiger charge is 2.19. The summed E-state index contributed by atoms with van der Waals surface area (Å²) in [5, 5.41) is 0. The number of aromatic amines is 1. The van der Waals surface area contributed by atoms with Crippen molar-refractivity contribution in [1.29, 1.82) is 0 Å². The summed E-state index contributed by atoms with van der Waals surface area (Å²) >= 11 is 5.10. The molecule has 1 N–H and O–H groups in total. The summed E-state index contributed by atoms with van der Waals surface area (Å²) in [5.41, 5.74) is -0.125. The van der Waals surface area contributed by atoms with Gasteiger partial charge in [0.25, 0.3) is 5.56 Å². The zero-order valence-corrected chi connectivity index (χ0v) is 9.59. The van der Waals surface area contributed by atoms with Gasteiger partial charge in [-0.1, -0.05) is 0 Å². The molecule has 15 heavy (non-hydrogen) atoms. The van der Waals surface area contributed by atoms with E-state index in [1.54, 1.807) is 6.20 Å². The second-order valence-electron chi connectivity index (χ2n) is 4.18. The minimum Gasteiger partial charge on any atom is -0.325 e. The lowest BCUT2D eigenvalue weighted by Crippen LogP contribution is -2.19. The SMILES string of the molecule is CN1CCC(Cn2ccc(=O)[nH]c2=S)C1. The molecule has 0 aliphatic carbocycles. The maximum atomic E-state index is 11.0. The van der Waals surface area contributed by atoms with Crippen LogP contribution in [-0.2, 0) is 6.54 Å². The van der Waals surface area contributed by atoms with Gasteiger partial charge in [-0.2, -0.15) is 0 Å². The predicted molar refractivity (Wildman–Crippen MR) is 61.5 cm³/mol. The molecule has 1 saturated heterocycles. The monoisotopic (exact) mass is 225 g/mol. The van der Waals surface area contributed by atoms with E-state index in [4.69, 9.17) is 12.2 Å². The smallest absolute Gasteiger partial charge is 0.251 e. The number of likely N-dealkylation sites (tertiary alicyclic amines) is 1. The summed E-state index contributed by atoms with van der Waals surface area (Å²) in [7, 11) is 2.13. The van der Waals surface area contributed by atoms with Gasteiger partial charge < -0.3 is 9.47 Å². The molecule has 0 saturated carbocycles. The summed E-state index contributed by atoms with van der Waals surface area (Å²) in [6, 6.07) is 1.52. The Hall–Kier alpha value is -0.940. The molecule has 1 aliphatic rings. The molecule has 1 fully saturated rings. The lowest BCUT2D eigenvalue weighted by molar-refractivity contribution is 0.376. The van der Waals surface area contributed by atoms with E-state index in [9.17, 15) is 4.79 Å². The van der Waals surface area contributed by atoms with E-state index in [1.807, 2.05) is 4.57 Å². The summed E-state index contributed by atoms with van der Waals surface area (Å²) in [6.07, 6.45) is 2.98. The zero-order chi connectivity index (χ0) is 10.8. The Kier molecular flexibility index (Phi) is 3.02. The topological polar surface area (TPSA) is 41.0 Å². The molecule has 0 radical (unpaired) electrons. The van der Waals surface area contributed by atoms with E-state index in [2.05, 4.69) is 16.9 Å². The molecule has 0 bridgehead atoms. The number of nitrogens with one attached hydrogen (secondary N) is 1. The van der Waals surface area contributed by atoms with Crippen LogP contribution in [0, 0.1) is 10.7 Å². The molecule has 0 spiro atoms. The number of aromatic nitrogens is 2. The van der Waals surface area contributed by atoms with E-state index in [0.29, 0.717) is 10.7 Å². The van der Waals surface area contributed by atoms with Crippen LogP contribution in [-0.4, -0.2) is 34.6 Å². The maximum absolute atomic E-state index is 11.0. The molecular formula is C10H15N3OS. The standard InChI is InChI=1S/C10H15N3OS/c1-12-4-2-8(6-12)7-13-5-3-9(14)11-10(13)15/h3,5,8H,2,4,6-7H2,1H3,(H,11,14,15). The minimum absolute atomic E-state index is 0.125. The Morgan fingerprint density at radius 3 is 3.07 bits per heavy atom. The third kappa shape index (κ3) is 2.54. The van der Waals surface area contributed by atoms with Crippen molar-refractivity contribution in [2.24, 2.45) is 5.92 Å². The van der Waals surface area contributed by atoms with Crippen molar-refractivity contribution in [2.45, 2.75) is 13.0 Å². The molecule has 2 heterocycles. The molecule has 5 heteroatoms. The van der Waals surface area contributed by atoms with Gasteiger partial charge >= 0.3 is 0 Å². The first kappa shape index (κ1) is 10.6. The number of nitrogens with zero attached hydrogens (tertiary/aromatic N) is 2. The van der Waals surface area contributed by atoms with Crippen molar-refractivity contribution in [1.82, 2.24) is 14.5 Å². The Bertz CT molecular complexity index is 450. The van der Waals surface area contributed by atoms with E-state index < -0.39 is 0 Å². The van der Waals surface area contributed by atoms with Crippen LogP contribution in [0.4, 0.5) is 0 Å². The highest BCUT2D eigenvalue weighted by molar-refractivity contribution is 7.71. The Labute approximate surface area is 93.5 Å². The van der Waals surface area contributed by atoms with Gasteiger partial charge in [0.05, 0.1) is 0 Å². The second-order valence-corrected chi connectivity index (χ2v) is 4.57. The fourth-order valence-electron chi connectivity index (χ4n) is 2.04. The fraction of sp³-hybridized carbons (Fsp3) is 0.600. The van der Waals surface area contributed by atoms with Crippen molar-refractivity contribution in [3.63, 3.8) is 0 Å². The first-order chi connectivity index (χ1) is 7.15. The molecule has 2 rings (SSSR count). The van der Waals surface area contributed by atoms with Crippen LogP contribution in [0.15, 0.2) is 17.1 Å². The van der Waals surface area contributed by atoms with Crippen LogP contribution < -0.4 is 5.56 Å². The predicted octanol–water partition coefficient (Wildman–Crippen LogP) is 0.858. The van der Waals surface area contributed by atoms with Crippen molar-refractivity contribution >= 4 is 12.2 Å². The largest absolute Gasteiger partial charge is 0.325 e. The van der Waals surface area contributed by atoms with E-state index >= 15 is 0 Å².